The largest absolute Gasteiger partial charge is 0.346 e. The quantitative estimate of drug-likeness (QED) is 0.578. The molecule has 0 spiro atoms. The van der Waals surface area contributed by atoms with E-state index in [2.05, 4.69) is 20.6 Å². The fraction of sp³-hybridized carbons (Fsp3) is 0.0588. The van der Waals surface area contributed by atoms with E-state index in [1.807, 2.05) is 0 Å². The summed E-state index contributed by atoms with van der Waals surface area (Å²) in [5.41, 5.74) is 1.31. The number of nitrogens with one attached hydrogen (secondary N) is 2. The van der Waals surface area contributed by atoms with Crippen LogP contribution >= 0.6 is 11.6 Å². The van der Waals surface area contributed by atoms with E-state index in [0.29, 0.717) is 16.6 Å². The summed E-state index contributed by atoms with van der Waals surface area (Å²) < 4.78 is 14.5. The number of para-hydroxylation sites is 2. The Morgan fingerprint density at radius 2 is 2.08 bits per heavy atom. The van der Waals surface area contributed by atoms with Gasteiger partial charge in [0.2, 0.25) is 0 Å². The molecule has 0 aliphatic rings. The molecule has 0 radical (unpaired) electrons. The maximum atomic E-state index is 13.2. The highest BCUT2D eigenvalue weighted by Gasteiger charge is 2.19. The highest BCUT2D eigenvalue weighted by Crippen LogP contribution is 2.16. The topological polar surface area (TPSA) is 92.2 Å². The van der Waals surface area contributed by atoms with Crippen molar-refractivity contribution in [2.75, 3.05) is 0 Å². The number of fused-ring (bicyclic) bond motifs is 3. The molecule has 4 rings (SSSR count). The third kappa shape index (κ3) is 2.70. The number of aromatic nitrogens is 4. The Hall–Kier alpha value is -3.26. The van der Waals surface area contributed by atoms with Crippen LogP contribution in [0.5, 0.6) is 0 Å². The molecule has 7 nitrogen and oxygen atoms in total. The number of halogens is 2. The van der Waals surface area contributed by atoms with Gasteiger partial charge in [0.05, 0.1) is 16.1 Å². The van der Waals surface area contributed by atoms with Gasteiger partial charge in [0, 0.05) is 6.54 Å². The summed E-state index contributed by atoms with van der Waals surface area (Å²) in [6, 6.07) is 11.2. The van der Waals surface area contributed by atoms with E-state index < -0.39 is 17.3 Å². The van der Waals surface area contributed by atoms with Crippen molar-refractivity contribution in [2.45, 2.75) is 6.54 Å². The minimum Gasteiger partial charge on any atom is -0.346 e. The second-order valence-corrected chi connectivity index (χ2v) is 6.01. The van der Waals surface area contributed by atoms with Crippen LogP contribution < -0.4 is 10.9 Å². The Morgan fingerprint density at radius 3 is 2.88 bits per heavy atom. The van der Waals surface area contributed by atoms with Crippen LogP contribution in [0.15, 0.2) is 47.3 Å². The van der Waals surface area contributed by atoms with Gasteiger partial charge in [-0.2, -0.15) is 0 Å². The van der Waals surface area contributed by atoms with Crippen LogP contribution in [0.4, 0.5) is 4.39 Å². The summed E-state index contributed by atoms with van der Waals surface area (Å²) >= 11 is 5.72. The predicted molar refractivity (Wildman–Crippen MR) is 93.7 cm³/mol. The van der Waals surface area contributed by atoms with Gasteiger partial charge < -0.3 is 10.3 Å². The summed E-state index contributed by atoms with van der Waals surface area (Å²) in [6.45, 7) is 0.101. The van der Waals surface area contributed by atoms with Gasteiger partial charge in [0.25, 0.3) is 11.5 Å². The molecule has 0 fully saturated rings. The van der Waals surface area contributed by atoms with Crippen LogP contribution in [-0.4, -0.2) is 25.7 Å². The molecule has 0 saturated heterocycles. The Morgan fingerprint density at radius 1 is 1.27 bits per heavy atom. The Bertz CT molecular complexity index is 1220. The second-order valence-electron chi connectivity index (χ2n) is 5.60. The van der Waals surface area contributed by atoms with Crippen LogP contribution in [0.1, 0.15) is 16.1 Å². The predicted octanol–water partition coefficient (Wildman–Crippen LogP) is 2.29. The summed E-state index contributed by atoms with van der Waals surface area (Å²) in [5.74, 6) is -1.11. The van der Waals surface area contributed by atoms with Gasteiger partial charge in [-0.1, -0.05) is 35.0 Å². The minimum absolute atomic E-state index is 0.0335. The molecule has 0 bridgehead atoms. The first-order valence-electron chi connectivity index (χ1n) is 7.63. The molecule has 4 aromatic rings. The molecule has 0 aliphatic heterocycles. The zero-order valence-electron chi connectivity index (χ0n) is 13.2. The average Bonchev–Trinajstić information content (AvgIpc) is 3.09. The van der Waals surface area contributed by atoms with Crippen molar-refractivity contribution in [1.29, 1.82) is 0 Å². The van der Waals surface area contributed by atoms with Crippen LogP contribution in [0.25, 0.3) is 16.6 Å². The van der Waals surface area contributed by atoms with Gasteiger partial charge >= 0.3 is 0 Å². The molecule has 2 N–H and O–H groups in total. The first-order valence-corrected chi connectivity index (χ1v) is 8.01. The van der Waals surface area contributed by atoms with E-state index >= 15 is 0 Å². The molecule has 0 aliphatic carbocycles. The van der Waals surface area contributed by atoms with Crippen molar-refractivity contribution >= 4 is 34.1 Å². The number of hydrogen-bond donors (Lipinski definition) is 2. The monoisotopic (exact) mass is 371 g/mol. The van der Waals surface area contributed by atoms with Crippen molar-refractivity contribution in [2.24, 2.45) is 0 Å². The van der Waals surface area contributed by atoms with Gasteiger partial charge in [-0.15, -0.1) is 5.10 Å². The Kier molecular flexibility index (Phi) is 3.89. The smallest absolute Gasteiger partial charge is 0.277 e. The van der Waals surface area contributed by atoms with Crippen molar-refractivity contribution in [3.05, 3.63) is 74.9 Å². The van der Waals surface area contributed by atoms with Gasteiger partial charge in [-0.3, -0.25) is 9.59 Å². The fourth-order valence-electron chi connectivity index (χ4n) is 2.67. The third-order valence-electron chi connectivity index (χ3n) is 3.92. The van der Waals surface area contributed by atoms with Gasteiger partial charge in [0.1, 0.15) is 5.82 Å². The van der Waals surface area contributed by atoms with Crippen LogP contribution in [0.2, 0.25) is 5.02 Å². The standard InChI is InChI=1S/C17H11ClFN5O2/c18-10-7-9(5-6-11(10)19)8-20-16(25)14-15-17(26)21-12-3-1-2-4-13(12)24(15)23-22-14/h1-7H,8H2,(H,20,25)(H,21,26). The van der Waals surface area contributed by atoms with Crippen molar-refractivity contribution in [1.82, 2.24) is 25.1 Å². The number of carbonyl (C=O) groups excluding carboxylic acids is 1. The van der Waals surface area contributed by atoms with E-state index in [-0.39, 0.29) is 22.8 Å². The minimum atomic E-state index is -0.568. The lowest BCUT2D eigenvalue weighted by atomic mass is 10.2. The number of benzene rings is 2. The van der Waals surface area contributed by atoms with Gasteiger partial charge in [0.15, 0.2) is 11.2 Å². The summed E-state index contributed by atoms with van der Waals surface area (Å²) in [5, 5.41) is 10.4. The lowest BCUT2D eigenvalue weighted by Crippen LogP contribution is -2.25. The summed E-state index contributed by atoms with van der Waals surface area (Å²) in [6.07, 6.45) is 0. The Balaban J connectivity index is 1.68. The molecule has 130 valence electrons. The third-order valence-corrected chi connectivity index (χ3v) is 4.21. The lowest BCUT2D eigenvalue weighted by molar-refractivity contribution is 0.0947. The van der Waals surface area contributed by atoms with Crippen molar-refractivity contribution < 1.29 is 9.18 Å². The highest BCUT2D eigenvalue weighted by atomic mass is 35.5. The van der Waals surface area contributed by atoms with E-state index in [0.717, 1.165) is 0 Å². The molecule has 0 atom stereocenters. The van der Waals surface area contributed by atoms with E-state index in [9.17, 15) is 14.0 Å². The molecular formula is C17H11ClFN5O2. The first kappa shape index (κ1) is 16.2. The highest BCUT2D eigenvalue weighted by molar-refractivity contribution is 6.30. The van der Waals surface area contributed by atoms with E-state index in [1.54, 1.807) is 24.3 Å². The van der Waals surface area contributed by atoms with E-state index in [4.69, 9.17) is 11.6 Å². The first-order chi connectivity index (χ1) is 12.5. The van der Waals surface area contributed by atoms with Gasteiger partial charge in [-0.05, 0) is 29.8 Å². The second kappa shape index (κ2) is 6.23. The molecular weight excluding hydrogens is 361 g/mol. The van der Waals surface area contributed by atoms with Crippen LogP contribution in [0.3, 0.4) is 0 Å². The lowest BCUT2D eigenvalue weighted by Gasteiger charge is -2.05. The maximum absolute atomic E-state index is 13.2. The molecule has 9 heteroatoms. The molecule has 0 saturated carbocycles. The molecule has 2 aromatic carbocycles. The van der Waals surface area contributed by atoms with E-state index in [1.165, 1.54) is 22.7 Å². The zero-order chi connectivity index (χ0) is 18.3. The summed E-state index contributed by atoms with van der Waals surface area (Å²) in [7, 11) is 0. The number of aromatic amines is 1. The van der Waals surface area contributed by atoms with Crippen molar-refractivity contribution in [3.63, 3.8) is 0 Å². The maximum Gasteiger partial charge on any atom is 0.277 e. The molecule has 26 heavy (non-hydrogen) atoms. The number of nitrogens with zero attached hydrogens (tertiary/aromatic N) is 3. The molecule has 2 aromatic heterocycles. The number of rotatable bonds is 3. The van der Waals surface area contributed by atoms with Crippen LogP contribution in [-0.2, 0) is 6.54 Å². The molecule has 0 unspecified atom stereocenters. The zero-order valence-corrected chi connectivity index (χ0v) is 13.9. The summed E-state index contributed by atoms with van der Waals surface area (Å²) in [4.78, 5) is 27.5. The van der Waals surface area contributed by atoms with Crippen molar-refractivity contribution in [3.8, 4) is 0 Å². The van der Waals surface area contributed by atoms with Crippen LogP contribution in [0, 0.1) is 5.82 Å². The molecule has 2 heterocycles. The van der Waals surface area contributed by atoms with Gasteiger partial charge in [-0.25, -0.2) is 8.91 Å². The number of H-pyrrole nitrogens is 1. The molecule has 1 amide bonds. The average molecular weight is 372 g/mol. The fourth-order valence-corrected chi connectivity index (χ4v) is 2.87. The number of hydrogen-bond acceptors (Lipinski definition) is 4. The number of amides is 1. The number of carbonyl (C=O) groups is 1. The normalized spacial score (nSPS) is 11.2. The SMILES string of the molecule is O=C(NCc1ccc(F)c(Cl)c1)c1nnn2c1c(=O)[nH]c1ccccc12. The Labute approximate surface area is 150 Å².